The van der Waals surface area contributed by atoms with Gasteiger partial charge in [0, 0.05) is 16.4 Å². The van der Waals surface area contributed by atoms with E-state index in [0.717, 1.165) is 26.1 Å². The van der Waals surface area contributed by atoms with E-state index in [0.29, 0.717) is 6.10 Å². The van der Waals surface area contributed by atoms with Crippen LogP contribution in [0, 0.1) is 0 Å². The van der Waals surface area contributed by atoms with Crippen LogP contribution < -0.4 is 5.32 Å². The van der Waals surface area contributed by atoms with E-state index in [1.54, 1.807) is 4.88 Å². The van der Waals surface area contributed by atoms with Gasteiger partial charge in [0.1, 0.15) is 0 Å². The molecule has 0 saturated carbocycles. The summed E-state index contributed by atoms with van der Waals surface area (Å²) >= 11 is 2.00. The van der Waals surface area contributed by atoms with Crippen molar-refractivity contribution in [1.82, 2.24) is 5.32 Å². The van der Waals surface area contributed by atoms with Gasteiger partial charge in [-0.25, -0.2) is 0 Å². The van der Waals surface area contributed by atoms with Crippen LogP contribution in [0.5, 0.6) is 0 Å². The molecule has 1 heterocycles. The van der Waals surface area contributed by atoms with Crippen molar-refractivity contribution < 1.29 is 4.74 Å². The predicted octanol–water partition coefficient (Wildman–Crippen LogP) is 3.31. The van der Waals surface area contributed by atoms with Crippen LogP contribution in [0.4, 0.5) is 0 Å². The van der Waals surface area contributed by atoms with Gasteiger partial charge < -0.3 is 10.1 Å². The molecule has 96 valence electrons. The Morgan fingerprint density at radius 1 is 1.47 bits per heavy atom. The van der Waals surface area contributed by atoms with Crippen LogP contribution in [-0.2, 0) is 17.6 Å². The Morgan fingerprint density at radius 3 is 3.12 bits per heavy atom. The summed E-state index contributed by atoms with van der Waals surface area (Å²) in [6.45, 7) is 7.23. The average Bonchev–Trinajstić information content (AvgIpc) is 2.74. The Labute approximate surface area is 108 Å². The number of fused-ring (bicyclic) bond motifs is 1. The summed E-state index contributed by atoms with van der Waals surface area (Å²) in [5.41, 5.74) is 1.48. The molecule has 0 bridgehead atoms. The van der Waals surface area contributed by atoms with Crippen LogP contribution in [0.25, 0.3) is 0 Å². The van der Waals surface area contributed by atoms with Gasteiger partial charge in [-0.15, -0.1) is 11.3 Å². The second-order valence-electron chi connectivity index (χ2n) is 4.53. The third-order valence-corrected chi connectivity index (χ3v) is 4.55. The topological polar surface area (TPSA) is 21.3 Å². The third kappa shape index (κ3) is 3.30. The molecule has 1 aliphatic rings. The van der Waals surface area contributed by atoms with Crippen LogP contribution in [0.1, 0.15) is 48.1 Å². The number of nitrogens with one attached hydrogen (secondary N) is 1. The standard InChI is InChI=1S/C14H23NOS/c1-3-15-9-8-11-10-12-13(16-4-2)6-5-7-14(12)17-11/h10,13,15H,3-9H2,1-2H3. The number of thiophene rings is 1. The Balaban J connectivity index is 2.02. The van der Waals surface area contributed by atoms with Gasteiger partial charge in [0.15, 0.2) is 0 Å². The molecule has 1 aromatic heterocycles. The molecule has 3 heteroatoms. The van der Waals surface area contributed by atoms with Gasteiger partial charge in [0.05, 0.1) is 6.10 Å². The van der Waals surface area contributed by atoms with Crippen molar-refractivity contribution in [2.75, 3.05) is 19.7 Å². The molecule has 2 rings (SSSR count). The molecule has 0 saturated heterocycles. The first-order valence-electron chi connectivity index (χ1n) is 6.79. The van der Waals surface area contributed by atoms with E-state index in [2.05, 4.69) is 25.2 Å². The summed E-state index contributed by atoms with van der Waals surface area (Å²) in [4.78, 5) is 3.09. The Morgan fingerprint density at radius 2 is 2.35 bits per heavy atom. The Bertz CT molecular complexity index is 348. The van der Waals surface area contributed by atoms with Crippen LogP contribution in [0.2, 0.25) is 0 Å². The lowest BCUT2D eigenvalue weighted by Crippen LogP contribution is -2.15. The van der Waals surface area contributed by atoms with E-state index >= 15 is 0 Å². The number of hydrogen-bond acceptors (Lipinski definition) is 3. The van der Waals surface area contributed by atoms with Crippen LogP contribution >= 0.6 is 11.3 Å². The van der Waals surface area contributed by atoms with Gasteiger partial charge in [-0.1, -0.05) is 6.92 Å². The SMILES string of the molecule is CCNCCc1cc2c(s1)CCCC2OCC. The zero-order valence-corrected chi connectivity index (χ0v) is 11.7. The summed E-state index contributed by atoms with van der Waals surface area (Å²) in [5, 5.41) is 3.39. The molecule has 1 aromatic rings. The Kier molecular flexibility index (Phi) is 5.01. The van der Waals surface area contributed by atoms with E-state index in [4.69, 9.17) is 4.74 Å². The first-order valence-corrected chi connectivity index (χ1v) is 7.60. The van der Waals surface area contributed by atoms with E-state index in [9.17, 15) is 0 Å². The summed E-state index contributed by atoms with van der Waals surface area (Å²) in [7, 11) is 0. The molecule has 1 unspecified atom stereocenters. The third-order valence-electron chi connectivity index (χ3n) is 3.28. The zero-order valence-electron chi connectivity index (χ0n) is 10.9. The van der Waals surface area contributed by atoms with Crippen LogP contribution in [-0.4, -0.2) is 19.7 Å². The molecule has 1 N–H and O–H groups in total. The fourth-order valence-electron chi connectivity index (χ4n) is 2.46. The fourth-order valence-corrected chi connectivity index (χ4v) is 3.72. The summed E-state index contributed by atoms with van der Waals surface area (Å²) in [5.74, 6) is 0. The zero-order chi connectivity index (χ0) is 12.1. The number of ether oxygens (including phenoxy) is 1. The second-order valence-corrected chi connectivity index (χ2v) is 5.75. The van der Waals surface area contributed by atoms with E-state index < -0.39 is 0 Å². The molecule has 0 aromatic carbocycles. The molecular weight excluding hydrogens is 230 g/mol. The van der Waals surface area contributed by atoms with Crippen LogP contribution in [0.15, 0.2) is 6.07 Å². The lowest BCUT2D eigenvalue weighted by atomic mass is 9.96. The number of rotatable bonds is 6. The highest BCUT2D eigenvalue weighted by atomic mass is 32.1. The number of likely N-dealkylation sites (N-methyl/N-ethyl adjacent to an activating group) is 1. The largest absolute Gasteiger partial charge is 0.374 e. The molecule has 0 amide bonds. The van der Waals surface area contributed by atoms with Crippen molar-refractivity contribution in [3.8, 4) is 0 Å². The number of aryl methyl sites for hydroxylation is 1. The molecule has 0 fully saturated rings. The molecule has 0 radical (unpaired) electrons. The highest BCUT2D eigenvalue weighted by molar-refractivity contribution is 7.12. The van der Waals surface area contributed by atoms with E-state index in [1.807, 2.05) is 11.3 Å². The molecular formula is C14H23NOS. The quantitative estimate of drug-likeness (QED) is 0.785. The van der Waals surface area contributed by atoms with Crippen LogP contribution in [0.3, 0.4) is 0 Å². The van der Waals surface area contributed by atoms with E-state index in [1.165, 1.54) is 29.7 Å². The lowest BCUT2D eigenvalue weighted by molar-refractivity contribution is 0.0506. The van der Waals surface area contributed by atoms with Gasteiger partial charge in [-0.3, -0.25) is 0 Å². The first-order chi connectivity index (χ1) is 8.35. The highest BCUT2D eigenvalue weighted by Crippen LogP contribution is 2.37. The maximum Gasteiger partial charge on any atom is 0.0835 e. The van der Waals surface area contributed by atoms with Gasteiger partial charge in [-0.2, -0.15) is 0 Å². The molecule has 0 spiro atoms. The van der Waals surface area contributed by atoms with Gasteiger partial charge in [0.25, 0.3) is 0 Å². The maximum absolute atomic E-state index is 5.84. The predicted molar refractivity (Wildman–Crippen MR) is 73.9 cm³/mol. The van der Waals surface area contributed by atoms with E-state index in [-0.39, 0.29) is 0 Å². The van der Waals surface area contributed by atoms with Crippen molar-refractivity contribution in [3.63, 3.8) is 0 Å². The molecule has 1 atom stereocenters. The normalized spacial score (nSPS) is 19.3. The monoisotopic (exact) mass is 253 g/mol. The lowest BCUT2D eigenvalue weighted by Gasteiger charge is -2.22. The minimum Gasteiger partial charge on any atom is -0.374 e. The number of hydrogen-bond donors (Lipinski definition) is 1. The van der Waals surface area contributed by atoms with Crippen molar-refractivity contribution >= 4 is 11.3 Å². The smallest absolute Gasteiger partial charge is 0.0835 e. The summed E-state index contributed by atoms with van der Waals surface area (Å²) < 4.78 is 5.84. The first kappa shape index (κ1) is 13.1. The molecule has 17 heavy (non-hydrogen) atoms. The van der Waals surface area contributed by atoms with Crippen molar-refractivity contribution in [1.29, 1.82) is 0 Å². The van der Waals surface area contributed by atoms with Gasteiger partial charge >= 0.3 is 0 Å². The minimum atomic E-state index is 0.368. The Hall–Kier alpha value is -0.380. The molecule has 2 nitrogen and oxygen atoms in total. The van der Waals surface area contributed by atoms with Crippen molar-refractivity contribution in [2.24, 2.45) is 0 Å². The summed E-state index contributed by atoms with van der Waals surface area (Å²) in [6, 6.07) is 2.39. The van der Waals surface area contributed by atoms with Gasteiger partial charge in [-0.05, 0) is 57.3 Å². The second kappa shape index (κ2) is 6.53. The molecule has 1 aliphatic carbocycles. The maximum atomic E-state index is 5.84. The van der Waals surface area contributed by atoms with Gasteiger partial charge in [0.2, 0.25) is 0 Å². The molecule has 0 aliphatic heterocycles. The van der Waals surface area contributed by atoms with Crippen molar-refractivity contribution in [3.05, 3.63) is 21.4 Å². The summed E-state index contributed by atoms with van der Waals surface area (Å²) in [6.07, 6.45) is 5.26. The average molecular weight is 253 g/mol. The minimum absolute atomic E-state index is 0.368. The fraction of sp³-hybridized carbons (Fsp3) is 0.714. The van der Waals surface area contributed by atoms with Crippen molar-refractivity contribution in [2.45, 2.75) is 45.6 Å². The highest BCUT2D eigenvalue weighted by Gasteiger charge is 2.22.